The highest BCUT2D eigenvalue weighted by Gasteiger charge is 2.21. The number of rotatable bonds is 6. The van der Waals surface area contributed by atoms with E-state index in [4.69, 9.17) is 4.74 Å². The van der Waals surface area contributed by atoms with Crippen molar-refractivity contribution in [2.45, 2.75) is 31.6 Å². The lowest BCUT2D eigenvalue weighted by Crippen LogP contribution is -2.37. The lowest BCUT2D eigenvalue weighted by Gasteiger charge is -2.29. The largest absolute Gasteiger partial charge is 0.379 e. The van der Waals surface area contributed by atoms with Crippen LogP contribution in [0.3, 0.4) is 0 Å². The molecule has 1 saturated heterocycles. The summed E-state index contributed by atoms with van der Waals surface area (Å²) in [6.45, 7) is 6.49. The standard InChI is InChI=1S/C10H21NOS/c1-4-8(2)10(11-3)7-13-9-5-12-6-9/h8-11H,4-7H2,1-3H3. The fourth-order valence-electron chi connectivity index (χ4n) is 1.37. The zero-order valence-corrected chi connectivity index (χ0v) is 9.69. The van der Waals surface area contributed by atoms with Crippen LogP contribution in [-0.4, -0.2) is 37.3 Å². The molecule has 3 heteroatoms. The molecule has 1 rings (SSSR count). The lowest BCUT2D eigenvalue weighted by molar-refractivity contribution is 0.0454. The molecule has 0 aromatic heterocycles. The Morgan fingerprint density at radius 3 is 2.62 bits per heavy atom. The molecular weight excluding hydrogens is 182 g/mol. The maximum Gasteiger partial charge on any atom is 0.0607 e. The Morgan fingerprint density at radius 1 is 1.54 bits per heavy atom. The third-order valence-electron chi connectivity index (χ3n) is 2.82. The SMILES string of the molecule is CCC(C)C(CSC1COC1)NC. The minimum absolute atomic E-state index is 0.663. The summed E-state index contributed by atoms with van der Waals surface area (Å²) in [6, 6.07) is 0.663. The van der Waals surface area contributed by atoms with Crippen LogP contribution in [0.2, 0.25) is 0 Å². The van der Waals surface area contributed by atoms with E-state index < -0.39 is 0 Å². The molecular formula is C10H21NOS. The van der Waals surface area contributed by atoms with Gasteiger partial charge in [-0.05, 0) is 13.0 Å². The van der Waals surface area contributed by atoms with E-state index in [1.165, 1.54) is 12.2 Å². The molecule has 0 aliphatic carbocycles. The molecule has 0 saturated carbocycles. The van der Waals surface area contributed by atoms with Crippen LogP contribution in [-0.2, 0) is 4.74 Å². The second-order valence-corrected chi connectivity index (χ2v) is 5.11. The molecule has 0 spiro atoms. The van der Waals surface area contributed by atoms with Crippen molar-refractivity contribution in [1.29, 1.82) is 0 Å². The van der Waals surface area contributed by atoms with Crippen LogP contribution in [0.5, 0.6) is 0 Å². The van der Waals surface area contributed by atoms with Crippen molar-refractivity contribution >= 4 is 11.8 Å². The van der Waals surface area contributed by atoms with E-state index in [0.29, 0.717) is 6.04 Å². The molecule has 1 aliphatic heterocycles. The number of hydrogen-bond donors (Lipinski definition) is 1. The average Bonchev–Trinajstić information content (AvgIpc) is 2.08. The maximum absolute atomic E-state index is 5.15. The average molecular weight is 203 g/mol. The fraction of sp³-hybridized carbons (Fsp3) is 1.00. The van der Waals surface area contributed by atoms with Gasteiger partial charge in [0, 0.05) is 11.8 Å². The van der Waals surface area contributed by atoms with Gasteiger partial charge in [-0.1, -0.05) is 20.3 Å². The molecule has 1 aliphatic rings. The molecule has 2 nitrogen and oxygen atoms in total. The normalized spacial score (nSPS) is 22.4. The van der Waals surface area contributed by atoms with Gasteiger partial charge in [-0.3, -0.25) is 0 Å². The Hall–Kier alpha value is 0.270. The Bertz CT molecular complexity index is 139. The van der Waals surface area contributed by atoms with Gasteiger partial charge in [0.25, 0.3) is 0 Å². The van der Waals surface area contributed by atoms with Crippen molar-refractivity contribution in [2.24, 2.45) is 5.92 Å². The third-order valence-corrected chi connectivity index (χ3v) is 4.12. The second-order valence-electron chi connectivity index (χ2n) is 3.77. The minimum Gasteiger partial charge on any atom is -0.379 e. The Kier molecular flexibility index (Phi) is 5.14. The first-order chi connectivity index (χ1) is 6.27. The highest BCUT2D eigenvalue weighted by molar-refractivity contribution is 8.00. The van der Waals surface area contributed by atoms with Crippen LogP contribution in [0.15, 0.2) is 0 Å². The van der Waals surface area contributed by atoms with E-state index in [1.807, 2.05) is 0 Å². The summed E-state index contributed by atoms with van der Waals surface area (Å²) in [7, 11) is 2.06. The topological polar surface area (TPSA) is 21.3 Å². The summed E-state index contributed by atoms with van der Waals surface area (Å²) < 4.78 is 5.15. The highest BCUT2D eigenvalue weighted by Crippen LogP contribution is 2.22. The summed E-state index contributed by atoms with van der Waals surface area (Å²) in [5.74, 6) is 2.00. The third kappa shape index (κ3) is 3.49. The number of thioether (sulfide) groups is 1. The van der Waals surface area contributed by atoms with Crippen LogP contribution in [0.4, 0.5) is 0 Å². The van der Waals surface area contributed by atoms with Gasteiger partial charge in [0.2, 0.25) is 0 Å². The molecule has 0 bridgehead atoms. The summed E-state index contributed by atoms with van der Waals surface area (Å²) in [5.41, 5.74) is 0. The molecule has 1 heterocycles. The van der Waals surface area contributed by atoms with Gasteiger partial charge >= 0.3 is 0 Å². The van der Waals surface area contributed by atoms with Crippen LogP contribution in [0.25, 0.3) is 0 Å². The predicted octanol–water partition coefficient (Wildman–Crippen LogP) is 1.75. The molecule has 0 aromatic carbocycles. The van der Waals surface area contributed by atoms with E-state index in [9.17, 15) is 0 Å². The zero-order chi connectivity index (χ0) is 9.68. The van der Waals surface area contributed by atoms with Crippen molar-refractivity contribution in [1.82, 2.24) is 5.32 Å². The Morgan fingerprint density at radius 2 is 2.23 bits per heavy atom. The molecule has 1 fully saturated rings. The molecule has 78 valence electrons. The number of ether oxygens (including phenoxy) is 1. The van der Waals surface area contributed by atoms with E-state index in [1.54, 1.807) is 0 Å². The predicted molar refractivity (Wildman–Crippen MR) is 59.4 cm³/mol. The zero-order valence-electron chi connectivity index (χ0n) is 8.88. The second kappa shape index (κ2) is 5.89. The van der Waals surface area contributed by atoms with Gasteiger partial charge in [-0.2, -0.15) is 11.8 Å². The fourth-order valence-corrected chi connectivity index (χ4v) is 2.73. The van der Waals surface area contributed by atoms with Crippen molar-refractivity contribution in [3.63, 3.8) is 0 Å². The quantitative estimate of drug-likeness (QED) is 0.710. The van der Waals surface area contributed by atoms with Crippen LogP contribution in [0, 0.1) is 5.92 Å². The Labute approximate surface area is 85.8 Å². The van der Waals surface area contributed by atoms with E-state index >= 15 is 0 Å². The molecule has 0 radical (unpaired) electrons. The van der Waals surface area contributed by atoms with Gasteiger partial charge in [-0.25, -0.2) is 0 Å². The minimum atomic E-state index is 0.663. The highest BCUT2D eigenvalue weighted by atomic mass is 32.2. The van der Waals surface area contributed by atoms with Gasteiger partial charge in [0.1, 0.15) is 0 Å². The first-order valence-electron chi connectivity index (χ1n) is 5.14. The summed E-state index contributed by atoms with van der Waals surface area (Å²) >= 11 is 2.05. The van der Waals surface area contributed by atoms with Gasteiger partial charge in [0.15, 0.2) is 0 Å². The summed E-state index contributed by atoms with van der Waals surface area (Å²) in [6.07, 6.45) is 1.26. The first-order valence-corrected chi connectivity index (χ1v) is 6.19. The van der Waals surface area contributed by atoms with E-state index in [2.05, 4.69) is 38.0 Å². The lowest BCUT2D eigenvalue weighted by atomic mass is 10.0. The number of nitrogens with one attached hydrogen (secondary N) is 1. The summed E-state index contributed by atoms with van der Waals surface area (Å²) in [4.78, 5) is 0. The molecule has 0 amide bonds. The maximum atomic E-state index is 5.15. The van der Waals surface area contributed by atoms with Crippen LogP contribution in [0.1, 0.15) is 20.3 Å². The van der Waals surface area contributed by atoms with Crippen molar-refractivity contribution in [2.75, 3.05) is 26.0 Å². The molecule has 13 heavy (non-hydrogen) atoms. The van der Waals surface area contributed by atoms with Crippen molar-refractivity contribution in [3.05, 3.63) is 0 Å². The van der Waals surface area contributed by atoms with Crippen LogP contribution < -0.4 is 5.32 Å². The van der Waals surface area contributed by atoms with Crippen molar-refractivity contribution < 1.29 is 4.74 Å². The van der Waals surface area contributed by atoms with Gasteiger partial charge in [-0.15, -0.1) is 0 Å². The van der Waals surface area contributed by atoms with E-state index in [-0.39, 0.29) is 0 Å². The molecule has 2 unspecified atom stereocenters. The van der Waals surface area contributed by atoms with Crippen molar-refractivity contribution in [3.8, 4) is 0 Å². The van der Waals surface area contributed by atoms with Gasteiger partial charge in [0.05, 0.1) is 18.5 Å². The van der Waals surface area contributed by atoms with Crippen LogP contribution >= 0.6 is 11.8 Å². The molecule has 1 N–H and O–H groups in total. The molecule has 2 atom stereocenters. The summed E-state index contributed by atoms with van der Waals surface area (Å²) in [5, 5.41) is 4.16. The Balaban J connectivity index is 2.14. The van der Waals surface area contributed by atoms with E-state index in [0.717, 1.165) is 24.4 Å². The smallest absolute Gasteiger partial charge is 0.0607 e. The first kappa shape index (κ1) is 11.3. The van der Waals surface area contributed by atoms with Gasteiger partial charge < -0.3 is 10.1 Å². The monoisotopic (exact) mass is 203 g/mol. The molecule has 0 aromatic rings. The number of hydrogen-bond acceptors (Lipinski definition) is 3.